The van der Waals surface area contributed by atoms with Crippen LogP contribution in [0.5, 0.6) is 0 Å². The molecule has 0 radical (unpaired) electrons. The van der Waals surface area contributed by atoms with E-state index in [-0.39, 0.29) is 21.9 Å². The van der Waals surface area contributed by atoms with Gasteiger partial charge in [0.1, 0.15) is 11.5 Å². The van der Waals surface area contributed by atoms with Gasteiger partial charge in [-0.25, -0.2) is 14.2 Å². The first-order valence-electron chi connectivity index (χ1n) is 7.52. The number of benzene rings is 2. The summed E-state index contributed by atoms with van der Waals surface area (Å²) in [7, 11) is 2.61. The molecule has 3 rings (SSSR count). The third-order valence-electron chi connectivity index (χ3n) is 3.86. The van der Waals surface area contributed by atoms with Crippen LogP contribution in [0, 0.1) is 5.82 Å². The van der Waals surface area contributed by atoms with Crippen LogP contribution < -0.4 is 0 Å². The predicted octanol–water partition coefficient (Wildman–Crippen LogP) is 4.80. The van der Waals surface area contributed by atoms with Gasteiger partial charge in [-0.05, 0) is 36.5 Å². The van der Waals surface area contributed by atoms with Crippen LogP contribution in [0.4, 0.5) is 4.39 Å². The molecule has 0 aliphatic rings. The lowest BCUT2D eigenvalue weighted by molar-refractivity contribution is 0.0601. The van der Waals surface area contributed by atoms with Crippen LogP contribution >= 0.6 is 23.8 Å². The molecule has 1 aromatic heterocycles. The zero-order chi connectivity index (χ0) is 18.8. The van der Waals surface area contributed by atoms with Gasteiger partial charge in [0.05, 0.1) is 25.3 Å². The second-order valence-electron chi connectivity index (χ2n) is 5.33. The minimum atomic E-state index is -0.702. The van der Waals surface area contributed by atoms with Gasteiger partial charge in [0, 0.05) is 21.5 Å². The van der Waals surface area contributed by atoms with Gasteiger partial charge < -0.3 is 9.47 Å². The Bertz CT molecular complexity index is 1040. The fraction of sp³-hybridized carbons (Fsp3) is 0.105. The van der Waals surface area contributed by atoms with Crippen molar-refractivity contribution in [3.8, 4) is 11.1 Å². The van der Waals surface area contributed by atoms with Crippen LogP contribution in [0.2, 0.25) is 5.02 Å². The van der Waals surface area contributed by atoms with E-state index in [2.05, 4.69) is 4.98 Å². The van der Waals surface area contributed by atoms with Crippen LogP contribution in [-0.4, -0.2) is 30.2 Å². The van der Waals surface area contributed by atoms with Crippen LogP contribution in [0.1, 0.15) is 16.1 Å². The van der Waals surface area contributed by atoms with Gasteiger partial charge in [0.15, 0.2) is 0 Å². The fourth-order valence-corrected chi connectivity index (χ4v) is 3.04. The lowest BCUT2D eigenvalue weighted by atomic mass is 9.93. The number of fused-ring (bicyclic) bond motifs is 1. The Kier molecular flexibility index (Phi) is 5.15. The Morgan fingerprint density at radius 3 is 2.54 bits per heavy atom. The molecule has 0 aliphatic carbocycles. The highest BCUT2D eigenvalue weighted by Gasteiger charge is 2.27. The molecule has 0 N–H and O–H groups in total. The monoisotopic (exact) mass is 389 g/mol. The van der Waals surface area contributed by atoms with Crippen LogP contribution in [0.25, 0.3) is 22.0 Å². The summed E-state index contributed by atoms with van der Waals surface area (Å²) >= 11 is 11.3. The first kappa shape index (κ1) is 18.2. The number of esters is 1. The van der Waals surface area contributed by atoms with E-state index >= 15 is 0 Å². The quantitative estimate of drug-likeness (QED) is 0.475. The summed E-state index contributed by atoms with van der Waals surface area (Å²) in [6.45, 7) is 0. The molecule has 0 fully saturated rings. The normalized spacial score (nSPS) is 10.6. The number of hydrogen-bond donors (Lipinski definition) is 0. The van der Waals surface area contributed by atoms with E-state index in [1.54, 1.807) is 36.4 Å². The first-order chi connectivity index (χ1) is 12.5. The molecule has 0 amide bonds. The van der Waals surface area contributed by atoms with E-state index in [4.69, 9.17) is 33.3 Å². The summed E-state index contributed by atoms with van der Waals surface area (Å²) in [4.78, 5) is 17.0. The maximum Gasteiger partial charge on any atom is 0.340 e. The number of nitrogens with zero attached hydrogens (tertiary/aromatic N) is 1. The molecule has 0 saturated heterocycles. The zero-order valence-corrected chi connectivity index (χ0v) is 15.5. The molecule has 3 aromatic rings. The van der Waals surface area contributed by atoms with E-state index in [1.165, 1.54) is 20.3 Å². The number of thiocarbonyl (C=S) groups is 1. The number of halogens is 2. The van der Waals surface area contributed by atoms with Gasteiger partial charge in [-0.1, -0.05) is 29.8 Å². The second-order valence-corrected chi connectivity index (χ2v) is 6.14. The van der Waals surface area contributed by atoms with Gasteiger partial charge in [-0.3, -0.25) is 0 Å². The number of pyridine rings is 1. The molecule has 0 saturated carbocycles. The number of ether oxygens (including phenoxy) is 2. The number of methoxy groups -OCH3 is 2. The van der Waals surface area contributed by atoms with Crippen molar-refractivity contribution in [2.45, 2.75) is 0 Å². The number of aromatic nitrogens is 1. The average Bonchev–Trinajstić information content (AvgIpc) is 2.66. The molecule has 2 aromatic carbocycles. The maximum atomic E-state index is 14.6. The molecule has 0 unspecified atom stereocenters. The van der Waals surface area contributed by atoms with E-state index in [1.807, 2.05) is 0 Å². The molecule has 0 bridgehead atoms. The third kappa shape index (κ3) is 3.13. The van der Waals surface area contributed by atoms with Crippen molar-refractivity contribution in [2.75, 3.05) is 14.2 Å². The van der Waals surface area contributed by atoms with Crippen molar-refractivity contribution >= 4 is 45.7 Å². The lowest BCUT2D eigenvalue weighted by Crippen LogP contribution is -2.15. The number of rotatable bonds is 3. The molecular formula is C19H13ClFNO3S. The second kappa shape index (κ2) is 7.35. The topological polar surface area (TPSA) is 48.4 Å². The summed E-state index contributed by atoms with van der Waals surface area (Å²) in [5, 5.41) is 0.931. The Labute approximate surface area is 159 Å². The summed E-state index contributed by atoms with van der Waals surface area (Å²) < 4.78 is 24.6. The summed E-state index contributed by atoms with van der Waals surface area (Å²) in [6.07, 6.45) is 0. The largest absolute Gasteiger partial charge is 0.485 e. The van der Waals surface area contributed by atoms with Crippen LogP contribution in [0.3, 0.4) is 0 Å². The first-order valence-corrected chi connectivity index (χ1v) is 8.31. The van der Waals surface area contributed by atoms with Crippen LogP contribution in [-0.2, 0) is 9.47 Å². The maximum absolute atomic E-state index is 14.6. The predicted molar refractivity (Wildman–Crippen MR) is 102 cm³/mol. The molecule has 0 atom stereocenters. The minimum absolute atomic E-state index is 0.000149. The Balaban J connectivity index is 2.55. The summed E-state index contributed by atoms with van der Waals surface area (Å²) in [5.41, 5.74) is 1.15. The molecule has 4 nitrogen and oxygen atoms in total. The molecule has 7 heteroatoms. The molecule has 132 valence electrons. The standard InChI is InChI=1S/C19H13ClFNO3S/c1-24-18(23)16-15(11-5-3-4-6-13(11)21)12-9-10(20)7-8-14(12)22-17(16)19(26)25-2/h3-9H,1-2H3. The van der Waals surface area contributed by atoms with Crippen molar-refractivity contribution < 1.29 is 18.7 Å². The van der Waals surface area contributed by atoms with Crippen molar-refractivity contribution in [1.29, 1.82) is 0 Å². The molecule has 1 heterocycles. The van der Waals surface area contributed by atoms with E-state index in [0.29, 0.717) is 21.5 Å². The van der Waals surface area contributed by atoms with Crippen LogP contribution in [0.15, 0.2) is 42.5 Å². The molecule has 26 heavy (non-hydrogen) atoms. The minimum Gasteiger partial charge on any atom is -0.485 e. The molecule has 0 spiro atoms. The highest BCUT2D eigenvalue weighted by molar-refractivity contribution is 7.80. The van der Waals surface area contributed by atoms with Crippen molar-refractivity contribution in [3.05, 3.63) is 64.6 Å². The fourth-order valence-electron chi connectivity index (χ4n) is 2.72. The molecular weight excluding hydrogens is 377 g/mol. The Morgan fingerprint density at radius 2 is 1.88 bits per heavy atom. The number of hydrogen-bond acceptors (Lipinski definition) is 5. The third-order valence-corrected chi connectivity index (χ3v) is 4.45. The smallest absolute Gasteiger partial charge is 0.340 e. The molecule has 0 aliphatic heterocycles. The Hall–Kier alpha value is -2.57. The van der Waals surface area contributed by atoms with E-state index < -0.39 is 11.8 Å². The van der Waals surface area contributed by atoms with Gasteiger partial charge in [-0.15, -0.1) is 0 Å². The lowest BCUT2D eigenvalue weighted by Gasteiger charge is -2.16. The van der Waals surface area contributed by atoms with Crippen molar-refractivity contribution in [2.24, 2.45) is 0 Å². The SMILES string of the molecule is COC(=O)c1c(C(=S)OC)nc2ccc(Cl)cc2c1-c1ccccc1F. The zero-order valence-electron chi connectivity index (χ0n) is 13.9. The van der Waals surface area contributed by atoms with Gasteiger partial charge in [0.25, 0.3) is 0 Å². The summed E-state index contributed by atoms with van der Waals surface area (Å²) in [6, 6.07) is 11.1. The van der Waals surface area contributed by atoms with E-state index in [0.717, 1.165) is 0 Å². The van der Waals surface area contributed by atoms with Gasteiger partial charge >= 0.3 is 5.97 Å². The number of carbonyl (C=O) groups excluding carboxylic acids is 1. The summed E-state index contributed by atoms with van der Waals surface area (Å²) in [5.74, 6) is -1.20. The highest BCUT2D eigenvalue weighted by atomic mass is 35.5. The number of carbonyl (C=O) groups is 1. The van der Waals surface area contributed by atoms with Crippen molar-refractivity contribution in [1.82, 2.24) is 4.98 Å². The average molecular weight is 390 g/mol. The van der Waals surface area contributed by atoms with Gasteiger partial charge in [0.2, 0.25) is 5.05 Å². The van der Waals surface area contributed by atoms with Crippen molar-refractivity contribution in [3.63, 3.8) is 0 Å². The Morgan fingerprint density at radius 1 is 1.15 bits per heavy atom. The van der Waals surface area contributed by atoms with Gasteiger partial charge in [-0.2, -0.15) is 0 Å². The van der Waals surface area contributed by atoms with E-state index in [9.17, 15) is 9.18 Å². The highest BCUT2D eigenvalue weighted by Crippen LogP contribution is 2.36.